The predicted octanol–water partition coefficient (Wildman–Crippen LogP) is 2.68. The first-order valence-electron chi connectivity index (χ1n) is 9.65. The van der Waals surface area contributed by atoms with Gasteiger partial charge in [0.15, 0.2) is 15.5 Å². The molecule has 0 amide bonds. The molecule has 0 unspecified atom stereocenters. The molecule has 0 saturated heterocycles. The van der Waals surface area contributed by atoms with E-state index < -0.39 is 15.7 Å². The Morgan fingerprint density at radius 2 is 2.03 bits per heavy atom. The van der Waals surface area contributed by atoms with Gasteiger partial charge in [0.2, 0.25) is 5.95 Å². The van der Waals surface area contributed by atoms with Gasteiger partial charge in [-0.2, -0.15) is 10.1 Å². The van der Waals surface area contributed by atoms with E-state index in [2.05, 4.69) is 35.8 Å². The third kappa shape index (κ3) is 3.47. The molecular weight excluding hydrogens is 437 g/mol. The maximum Gasteiger partial charge on any atom is 0.229 e. The number of benzene rings is 1. The minimum atomic E-state index is -3.44. The van der Waals surface area contributed by atoms with Crippen molar-refractivity contribution in [1.82, 2.24) is 25.1 Å². The van der Waals surface area contributed by atoms with Crippen molar-refractivity contribution in [1.29, 1.82) is 0 Å². The second-order valence-electron chi connectivity index (χ2n) is 7.27. The minimum absolute atomic E-state index is 0.220. The Kier molecular flexibility index (Phi) is 4.66. The normalized spacial score (nSPS) is 13.1. The molecular formula is C20H18FN7O3S. The van der Waals surface area contributed by atoms with Crippen molar-refractivity contribution in [3.63, 3.8) is 0 Å². The fourth-order valence-electron chi connectivity index (χ4n) is 3.68. The molecule has 3 aromatic heterocycles. The summed E-state index contributed by atoms with van der Waals surface area (Å²) < 4.78 is 43.7. The predicted molar refractivity (Wildman–Crippen MR) is 116 cm³/mol. The molecule has 1 aliphatic rings. The van der Waals surface area contributed by atoms with E-state index in [0.717, 1.165) is 6.20 Å². The van der Waals surface area contributed by atoms with Crippen LogP contribution >= 0.6 is 0 Å². The molecule has 1 aromatic carbocycles. The molecule has 0 bridgehead atoms. The lowest BCUT2D eigenvalue weighted by atomic mass is 10.1. The van der Waals surface area contributed by atoms with Gasteiger partial charge in [0.1, 0.15) is 23.1 Å². The first-order valence-corrected chi connectivity index (χ1v) is 11.5. The Hall–Kier alpha value is -3.80. The van der Waals surface area contributed by atoms with Crippen LogP contribution in [0.1, 0.15) is 5.56 Å². The van der Waals surface area contributed by atoms with Gasteiger partial charge in [-0.1, -0.05) is 0 Å². The molecule has 4 aromatic rings. The van der Waals surface area contributed by atoms with Crippen LogP contribution in [0.15, 0.2) is 35.5 Å². The summed E-state index contributed by atoms with van der Waals surface area (Å²) in [7, 11) is -1.75. The van der Waals surface area contributed by atoms with Gasteiger partial charge in [-0.25, -0.2) is 22.8 Å². The van der Waals surface area contributed by atoms with E-state index in [1.807, 2.05) is 0 Å². The number of aromatic amines is 1. The molecule has 32 heavy (non-hydrogen) atoms. The topological polar surface area (TPSA) is 135 Å². The Balaban J connectivity index is 1.53. The zero-order chi connectivity index (χ0) is 22.5. The van der Waals surface area contributed by atoms with Crippen LogP contribution in [0.5, 0.6) is 5.75 Å². The second kappa shape index (κ2) is 7.41. The lowest BCUT2D eigenvalue weighted by molar-refractivity contribution is 0.357. The number of rotatable bonds is 5. The molecule has 1 aliphatic heterocycles. The Morgan fingerprint density at radius 1 is 1.19 bits per heavy atom. The average molecular weight is 455 g/mol. The van der Waals surface area contributed by atoms with Crippen LogP contribution in [-0.4, -0.2) is 53.5 Å². The highest BCUT2D eigenvalue weighted by Crippen LogP contribution is 2.36. The van der Waals surface area contributed by atoms with E-state index in [9.17, 15) is 12.8 Å². The number of aromatic nitrogens is 5. The molecule has 5 rings (SSSR count). The molecule has 3 N–H and O–H groups in total. The van der Waals surface area contributed by atoms with Crippen molar-refractivity contribution in [3.8, 4) is 17.0 Å². The monoisotopic (exact) mass is 455 g/mol. The zero-order valence-electron chi connectivity index (χ0n) is 17.1. The highest BCUT2D eigenvalue weighted by Gasteiger charge is 2.24. The van der Waals surface area contributed by atoms with Crippen LogP contribution in [-0.2, 0) is 16.3 Å². The molecule has 0 aliphatic carbocycles. The third-order valence-corrected chi connectivity index (χ3v) is 6.26. The fourth-order valence-corrected chi connectivity index (χ4v) is 4.67. The number of pyridine rings is 1. The van der Waals surface area contributed by atoms with E-state index in [-0.39, 0.29) is 10.8 Å². The summed E-state index contributed by atoms with van der Waals surface area (Å²) in [6, 6.07) is 4.61. The average Bonchev–Trinajstić information content (AvgIpc) is 3.39. The molecule has 0 atom stereocenters. The van der Waals surface area contributed by atoms with Crippen molar-refractivity contribution >= 4 is 38.3 Å². The van der Waals surface area contributed by atoms with Crippen LogP contribution in [0, 0.1) is 5.82 Å². The number of fused-ring (bicyclic) bond motifs is 2. The van der Waals surface area contributed by atoms with Gasteiger partial charge in [-0.3, -0.25) is 5.10 Å². The van der Waals surface area contributed by atoms with E-state index in [4.69, 9.17) is 4.74 Å². The van der Waals surface area contributed by atoms with Gasteiger partial charge in [0, 0.05) is 48.6 Å². The number of H-pyrrole nitrogens is 1. The lowest BCUT2D eigenvalue weighted by Crippen LogP contribution is -2.05. The largest absolute Gasteiger partial charge is 0.493 e. The first-order chi connectivity index (χ1) is 15.3. The number of nitrogens with zero attached hydrogens (tertiary/aromatic N) is 4. The summed E-state index contributed by atoms with van der Waals surface area (Å²) in [5.74, 6) is 0.727. The molecule has 12 heteroatoms. The first kappa shape index (κ1) is 20.1. The number of sulfone groups is 1. The van der Waals surface area contributed by atoms with Gasteiger partial charge < -0.3 is 15.4 Å². The third-order valence-electron chi connectivity index (χ3n) is 5.10. The van der Waals surface area contributed by atoms with Crippen LogP contribution in [0.2, 0.25) is 0 Å². The summed E-state index contributed by atoms with van der Waals surface area (Å²) in [6.45, 7) is 0.434. The molecule has 0 saturated carbocycles. The van der Waals surface area contributed by atoms with Crippen LogP contribution < -0.4 is 15.4 Å². The maximum absolute atomic E-state index is 13.7. The van der Waals surface area contributed by atoms with Gasteiger partial charge in [0.25, 0.3) is 0 Å². The van der Waals surface area contributed by atoms with E-state index in [1.54, 1.807) is 25.4 Å². The lowest BCUT2D eigenvalue weighted by Gasteiger charge is -2.12. The smallest absolute Gasteiger partial charge is 0.229 e. The van der Waals surface area contributed by atoms with Crippen molar-refractivity contribution in [2.24, 2.45) is 0 Å². The highest BCUT2D eigenvalue weighted by atomic mass is 32.2. The Bertz CT molecular complexity index is 1470. The maximum atomic E-state index is 13.7. The second-order valence-corrected chi connectivity index (χ2v) is 9.26. The van der Waals surface area contributed by atoms with E-state index >= 15 is 0 Å². The van der Waals surface area contributed by atoms with Gasteiger partial charge in [-0.05, 0) is 12.1 Å². The van der Waals surface area contributed by atoms with Crippen molar-refractivity contribution < 1.29 is 17.5 Å². The summed E-state index contributed by atoms with van der Waals surface area (Å²) >= 11 is 0. The Labute approximate surface area is 182 Å². The minimum Gasteiger partial charge on any atom is -0.493 e. The number of anilines is 3. The van der Waals surface area contributed by atoms with Crippen LogP contribution in [0.25, 0.3) is 22.3 Å². The summed E-state index contributed by atoms with van der Waals surface area (Å²) in [4.78, 5) is 13.0. The van der Waals surface area contributed by atoms with Crippen molar-refractivity contribution in [2.45, 2.75) is 11.3 Å². The number of hydrogen-bond acceptors (Lipinski definition) is 9. The number of nitrogens with one attached hydrogen (secondary N) is 3. The summed E-state index contributed by atoms with van der Waals surface area (Å²) in [5.41, 5.74) is 2.60. The molecule has 10 nitrogen and oxygen atoms in total. The van der Waals surface area contributed by atoms with Gasteiger partial charge >= 0.3 is 0 Å². The highest BCUT2D eigenvalue weighted by molar-refractivity contribution is 7.90. The van der Waals surface area contributed by atoms with Crippen molar-refractivity contribution in [2.75, 3.05) is 30.5 Å². The summed E-state index contributed by atoms with van der Waals surface area (Å²) in [6.07, 6.45) is 4.36. The van der Waals surface area contributed by atoms with Crippen LogP contribution in [0.4, 0.5) is 21.8 Å². The SMILES string of the molecule is CNc1nc(Nc2cc3c(c(S(C)(=O)=O)c2)CCO3)ncc1-c1n[nH]c2ncc(F)cc12. The van der Waals surface area contributed by atoms with Gasteiger partial charge in [-0.15, -0.1) is 0 Å². The number of ether oxygens (including phenoxy) is 1. The quantitative estimate of drug-likeness (QED) is 0.415. The standard InChI is InChI=1S/C20H18FN7O3S/c1-22-18-14(17-13-5-10(21)8-23-19(13)28-27-17)9-24-20(26-18)25-11-6-15-12(3-4-31-15)16(7-11)32(2,29)30/h5-9H,3-4H2,1-2H3,(H,23,27,28)(H2,22,24,25,26). The zero-order valence-corrected chi connectivity index (χ0v) is 17.9. The number of hydrogen-bond donors (Lipinski definition) is 3. The molecule has 164 valence electrons. The van der Waals surface area contributed by atoms with E-state index in [0.29, 0.717) is 58.1 Å². The molecule has 0 radical (unpaired) electrons. The van der Waals surface area contributed by atoms with Crippen LogP contribution in [0.3, 0.4) is 0 Å². The summed E-state index contributed by atoms with van der Waals surface area (Å²) in [5, 5.41) is 13.5. The van der Waals surface area contributed by atoms with Gasteiger partial charge in [0.05, 0.1) is 23.3 Å². The molecule has 0 fully saturated rings. The molecule has 4 heterocycles. The molecule has 0 spiro atoms. The fraction of sp³-hybridized carbons (Fsp3) is 0.200. The Morgan fingerprint density at radius 3 is 2.81 bits per heavy atom. The van der Waals surface area contributed by atoms with E-state index in [1.165, 1.54) is 12.3 Å². The van der Waals surface area contributed by atoms with Crippen molar-refractivity contribution in [3.05, 3.63) is 42.0 Å². The number of halogens is 1.